The van der Waals surface area contributed by atoms with Crippen molar-refractivity contribution in [3.63, 3.8) is 0 Å². The van der Waals surface area contributed by atoms with Crippen LogP contribution in [0.15, 0.2) is 11.8 Å². The zero-order valence-electron chi connectivity index (χ0n) is 12.4. The van der Waals surface area contributed by atoms with Crippen LogP contribution in [0.2, 0.25) is 0 Å². The summed E-state index contributed by atoms with van der Waals surface area (Å²) < 4.78 is 5.77. The summed E-state index contributed by atoms with van der Waals surface area (Å²) in [6.45, 7) is 9.90. The molecule has 0 bridgehead atoms. The van der Waals surface area contributed by atoms with E-state index in [1.54, 1.807) is 0 Å². The van der Waals surface area contributed by atoms with Gasteiger partial charge in [0, 0.05) is 0 Å². The van der Waals surface area contributed by atoms with Gasteiger partial charge in [0.25, 0.3) is 0 Å². The van der Waals surface area contributed by atoms with E-state index in [0.29, 0.717) is 0 Å². The molecule has 0 aromatic carbocycles. The van der Waals surface area contributed by atoms with Gasteiger partial charge >= 0.3 is 0 Å². The summed E-state index contributed by atoms with van der Waals surface area (Å²) in [4.78, 5) is 0. The molecule has 0 unspecified atom stereocenters. The first kappa shape index (κ1) is 16.5. The quantitative estimate of drug-likeness (QED) is 0.421. The summed E-state index contributed by atoms with van der Waals surface area (Å²) in [6.07, 6.45) is 12.1. The van der Waals surface area contributed by atoms with Crippen molar-refractivity contribution in [1.82, 2.24) is 0 Å². The van der Waals surface area contributed by atoms with E-state index in [1.165, 1.54) is 50.5 Å². The van der Waals surface area contributed by atoms with Gasteiger partial charge in [-0.15, -0.1) is 0 Å². The molecule has 17 heavy (non-hydrogen) atoms. The zero-order valence-corrected chi connectivity index (χ0v) is 12.4. The van der Waals surface area contributed by atoms with E-state index < -0.39 is 0 Å². The molecule has 0 aliphatic heterocycles. The molecule has 0 saturated heterocycles. The topological polar surface area (TPSA) is 9.23 Å². The van der Waals surface area contributed by atoms with Crippen LogP contribution in [-0.4, -0.2) is 6.61 Å². The lowest BCUT2D eigenvalue weighted by Crippen LogP contribution is -2.06. The van der Waals surface area contributed by atoms with Crippen LogP contribution in [0.25, 0.3) is 0 Å². The van der Waals surface area contributed by atoms with Gasteiger partial charge in [0.1, 0.15) is 0 Å². The van der Waals surface area contributed by atoms with Gasteiger partial charge in [-0.2, -0.15) is 0 Å². The second-order valence-electron chi connectivity index (χ2n) is 4.98. The third-order valence-electron chi connectivity index (χ3n) is 3.43. The van der Waals surface area contributed by atoms with E-state index in [0.717, 1.165) is 18.9 Å². The third kappa shape index (κ3) is 9.26. The minimum atomic E-state index is 0.746. The number of hydrogen-bond donors (Lipinski definition) is 0. The normalized spacial score (nSPS) is 13.8. The molecular weight excluding hydrogens is 208 g/mol. The van der Waals surface area contributed by atoms with Crippen LogP contribution >= 0.6 is 0 Å². The fourth-order valence-electron chi connectivity index (χ4n) is 1.92. The number of unbranched alkanes of at least 4 members (excludes halogenated alkanes) is 2. The van der Waals surface area contributed by atoms with Crippen molar-refractivity contribution in [2.24, 2.45) is 5.92 Å². The monoisotopic (exact) mass is 240 g/mol. The zero-order chi connectivity index (χ0) is 12.9. The highest BCUT2D eigenvalue weighted by atomic mass is 16.5. The molecule has 0 N–H and O–H groups in total. The number of hydrogen-bond acceptors (Lipinski definition) is 1. The maximum absolute atomic E-state index is 5.77. The van der Waals surface area contributed by atoms with E-state index in [2.05, 4.69) is 27.7 Å². The van der Waals surface area contributed by atoms with Crippen molar-refractivity contribution < 1.29 is 4.74 Å². The Morgan fingerprint density at radius 3 is 2.29 bits per heavy atom. The Hall–Kier alpha value is -0.460. The predicted octanol–water partition coefficient (Wildman–Crippen LogP) is 5.70. The van der Waals surface area contributed by atoms with E-state index in [9.17, 15) is 0 Å². The lowest BCUT2D eigenvalue weighted by molar-refractivity contribution is 0.180. The Bertz CT molecular complexity index is 184. The Kier molecular flexibility index (Phi) is 11.7. The summed E-state index contributed by atoms with van der Waals surface area (Å²) in [6, 6.07) is 0. The van der Waals surface area contributed by atoms with E-state index in [4.69, 9.17) is 4.74 Å². The fraction of sp³-hybridized carbons (Fsp3) is 0.875. The first-order chi connectivity index (χ1) is 8.28. The van der Waals surface area contributed by atoms with Crippen molar-refractivity contribution >= 4 is 0 Å². The van der Waals surface area contributed by atoms with Gasteiger partial charge in [-0.05, 0) is 37.2 Å². The van der Waals surface area contributed by atoms with Gasteiger partial charge in [0.05, 0.1) is 12.9 Å². The van der Waals surface area contributed by atoms with Gasteiger partial charge in [-0.1, -0.05) is 53.4 Å². The van der Waals surface area contributed by atoms with E-state index >= 15 is 0 Å². The molecule has 0 heterocycles. The van der Waals surface area contributed by atoms with Gasteiger partial charge in [-0.3, -0.25) is 0 Å². The van der Waals surface area contributed by atoms with Gasteiger partial charge in [0.15, 0.2) is 0 Å². The number of rotatable bonds is 11. The lowest BCUT2D eigenvalue weighted by atomic mass is 10.0. The average molecular weight is 240 g/mol. The molecule has 0 aliphatic rings. The third-order valence-corrected chi connectivity index (χ3v) is 3.43. The maximum Gasteiger partial charge on any atom is 0.0901 e. The van der Waals surface area contributed by atoms with Crippen molar-refractivity contribution in [1.29, 1.82) is 0 Å². The second-order valence-corrected chi connectivity index (χ2v) is 4.98. The highest BCUT2D eigenvalue weighted by Crippen LogP contribution is 2.15. The van der Waals surface area contributed by atoms with Crippen LogP contribution in [0.3, 0.4) is 0 Å². The molecule has 0 rings (SSSR count). The first-order valence-corrected chi connectivity index (χ1v) is 7.57. The molecule has 0 aliphatic carbocycles. The summed E-state index contributed by atoms with van der Waals surface area (Å²) in [5.74, 6) is 0.746. The summed E-state index contributed by atoms with van der Waals surface area (Å²) >= 11 is 0. The Balaban J connectivity index is 3.84. The molecule has 102 valence electrons. The van der Waals surface area contributed by atoms with Crippen molar-refractivity contribution in [2.75, 3.05) is 6.61 Å². The minimum absolute atomic E-state index is 0.746. The molecule has 0 aromatic rings. The SMILES string of the molecule is CCCC/C(=C\OC[C@@H](CC)CCCC)CC. The Morgan fingerprint density at radius 1 is 1.06 bits per heavy atom. The van der Waals surface area contributed by atoms with E-state index in [1.807, 2.05) is 6.26 Å². The van der Waals surface area contributed by atoms with Crippen molar-refractivity contribution in [3.05, 3.63) is 11.8 Å². The van der Waals surface area contributed by atoms with Gasteiger partial charge in [0.2, 0.25) is 0 Å². The smallest absolute Gasteiger partial charge is 0.0901 e. The van der Waals surface area contributed by atoms with Crippen LogP contribution in [0, 0.1) is 5.92 Å². The first-order valence-electron chi connectivity index (χ1n) is 7.57. The van der Waals surface area contributed by atoms with Crippen LogP contribution in [0.1, 0.15) is 79.1 Å². The molecule has 0 aromatic heterocycles. The molecule has 0 radical (unpaired) electrons. The van der Waals surface area contributed by atoms with Crippen LogP contribution in [-0.2, 0) is 4.74 Å². The maximum atomic E-state index is 5.77. The molecule has 0 saturated carbocycles. The predicted molar refractivity (Wildman–Crippen MR) is 77.2 cm³/mol. The second kappa shape index (κ2) is 12.0. The highest BCUT2D eigenvalue weighted by molar-refractivity contribution is 4.96. The molecule has 0 fully saturated rings. The molecule has 0 amide bonds. The standard InChI is InChI=1S/C16H32O/c1-5-9-11-15(7-3)13-17-14-16(8-4)12-10-6-2/h13,16H,5-12,14H2,1-4H3/b15-13-/t16-/m0/s1. The van der Waals surface area contributed by atoms with Gasteiger partial charge < -0.3 is 4.74 Å². The van der Waals surface area contributed by atoms with Gasteiger partial charge in [-0.25, -0.2) is 0 Å². The molecular formula is C16H32O. The molecule has 1 nitrogen and oxygen atoms in total. The van der Waals surface area contributed by atoms with Crippen molar-refractivity contribution in [3.8, 4) is 0 Å². The Labute approximate surface area is 109 Å². The summed E-state index contributed by atoms with van der Waals surface area (Å²) in [5.41, 5.74) is 1.47. The summed E-state index contributed by atoms with van der Waals surface area (Å²) in [5, 5.41) is 0. The fourth-order valence-corrected chi connectivity index (χ4v) is 1.92. The minimum Gasteiger partial charge on any atom is -0.501 e. The molecule has 1 heteroatoms. The number of allylic oxidation sites excluding steroid dienone is 1. The Morgan fingerprint density at radius 2 is 1.76 bits per heavy atom. The molecule has 0 spiro atoms. The van der Waals surface area contributed by atoms with Crippen LogP contribution < -0.4 is 0 Å². The molecule has 1 atom stereocenters. The highest BCUT2D eigenvalue weighted by Gasteiger charge is 2.05. The largest absolute Gasteiger partial charge is 0.501 e. The average Bonchev–Trinajstić information content (AvgIpc) is 2.37. The number of ether oxygens (including phenoxy) is 1. The van der Waals surface area contributed by atoms with Crippen LogP contribution in [0.5, 0.6) is 0 Å². The lowest BCUT2D eigenvalue weighted by Gasteiger charge is -2.14. The van der Waals surface area contributed by atoms with Crippen LogP contribution in [0.4, 0.5) is 0 Å². The van der Waals surface area contributed by atoms with Crippen molar-refractivity contribution in [2.45, 2.75) is 79.1 Å². The van der Waals surface area contributed by atoms with E-state index in [-0.39, 0.29) is 0 Å². The summed E-state index contributed by atoms with van der Waals surface area (Å²) in [7, 11) is 0.